The van der Waals surface area contributed by atoms with E-state index in [1.165, 1.54) is 3.97 Å². The molecular weight excluding hydrogens is 286 g/mol. The van der Waals surface area contributed by atoms with Crippen LogP contribution in [0, 0.1) is 6.92 Å². The molecule has 0 atom stereocenters. The van der Waals surface area contributed by atoms with Gasteiger partial charge in [-0.05, 0) is 42.8 Å². The van der Waals surface area contributed by atoms with E-state index in [0.29, 0.717) is 11.3 Å². The zero-order valence-electron chi connectivity index (χ0n) is 11.8. The number of hydrogen-bond donors (Lipinski definition) is 0. The van der Waals surface area contributed by atoms with Gasteiger partial charge in [0.1, 0.15) is 5.75 Å². The number of para-hydroxylation sites is 1. The van der Waals surface area contributed by atoms with Gasteiger partial charge in [-0.15, -0.1) is 0 Å². The highest BCUT2D eigenvalue weighted by Crippen LogP contribution is 2.26. The van der Waals surface area contributed by atoms with Gasteiger partial charge >= 0.3 is 0 Å². The maximum atomic E-state index is 12.8. The molecular formula is C16H15NO3S. The van der Waals surface area contributed by atoms with Crippen LogP contribution in [0.25, 0.3) is 10.9 Å². The fourth-order valence-electron chi connectivity index (χ4n) is 2.37. The van der Waals surface area contributed by atoms with Crippen LogP contribution in [0.2, 0.25) is 0 Å². The number of aromatic nitrogens is 1. The van der Waals surface area contributed by atoms with E-state index in [9.17, 15) is 8.42 Å². The number of ether oxygens (including phenoxy) is 1. The smallest absolute Gasteiger partial charge is 0.268 e. The Bertz CT molecular complexity index is 893. The predicted octanol–water partition coefficient (Wildman–Crippen LogP) is 3.20. The molecule has 3 rings (SSSR count). The first-order valence-corrected chi connectivity index (χ1v) is 7.94. The van der Waals surface area contributed by atoms with Crippen molar-refractivity contribution in [1.82, 2.24) is 3.97 Å². The standard InChI is InChI=1S/C16H15NO3S/c1-12-11-17(16-6-4-3-5-15(12)16)21(18,19)14-9-7-13(20-2)8-10-14/h3-11H,1-2H3. The first kappa shape index (κ1) is 13.7. The first-order valence-electron chi connectivity index (χ1n) is 6.50. The minimum absolute atomic E-state index is 0.240. The molecule has 0 fully saturated rings. The van der Waals surface area contributed by atoms with Gasteiger partial charge in [-0.1, -0.05) is 18.2 Å². The number of methoxy groups -OCH3 is 1. The molecule has 2 aromatic carbocycles. The minimum atomic E-state index is -3.61. The lowest BCUT2D eigenvalue weighted by Crippen LogP contribution is -2.11. The third-order valence-corrected chi connectivity index (χ3v) is 5.18. The van der Waals surface area contributed by atoms with Gasteiger partial charge in [-0.2, -0.15) is 0 Å². The molecule has 0 aliphatic heterocycles. The SMILES string of the molecule is COc1ccc(S(=O)(=O)n2cc(C)c3ccccc32)cc1. The largest absolute Gasteiger partial charge is 0.497 e. The lowest BCUT2D eigenvalue weighted by atomic mass is 10.2. The summed E-state index contributed by atoms with van der Waals surface area (Å²) in [6, 6.07) is 13.9. The topological polar surface area (TPSA) is 48.3 Å². The van der Waals surface area contributed by atoms with Crippen LogP contribution < -0.4 is 4.74 Å². The zero-order valence-corrected chi connectivity index (χ0v) is 12.6. The van der Waals surface area contributed by atoms with E-state index in [4.69, 9.17) is 4.74 Å². The molecule has 0 unspecified atom stereocenters. The van der Waals surface area contributed by atoms with Crippen molar-refractivity contribution in [2.45, 2.75) is 11.8 Å². The highest BCUT2D eigenvalue weighted by atomic mass is 32.2. The van der Waals surface area contributed by atoms with E-state index in [1.807, 2.05) is 31.2 Å². The Morgan fingerprint density at radius 3 is 2.33 bits per heavy atom. The fraction of sp³-hybridized carbons (Fsp3) is 0.125. The van der Waals surface area contributed by atoms with E-state index in [2.05, 4.69) is 0 Å². The first-order chi connectivity index (χ1) is 10.0. The molecule has 0 saturated heterocycles. The van der Waals surface area contributed by atoms with Crippen LogP contribution in [0.15, 0.2) is 59.6 Å². The molecule has 0 aliphatic rings. The molecule has 0 saturated carbocycles. The number of aryl methyl sites for hydroxylation is 1. The molecule has 0 bridgehead atoms. The Kier molecular flexibility index (Phi) is 3.22. The van der Waals surface area contributed by atoms with E-state index < -0.39 is 10.0 Å². The van der Waals surface area contributed by atoms with Gasteiger partial charge in [-0.3, -0.25) is 0 Å². The van der Waals surface area contributed by atoms with Gasteiger partial charge in [-0.25, -0.2) is 12.4 Å². The second-order valence-corrected chi connectivity index (χ2v) is 6.62. The predicted molar refractivity (Wildman–Crippen MR) is 82.3 cm³/mol. The van der Waals surface area contributed by atoms with Crippen LogP contribution in [0.1, 0.15) is 5.56 Å². The Balaban J connectivity index is 2.20. The molecule has 3 aromatic rings. The van der Waals surface area contributed by atoms with Crippen molar-refractivity contribution in [3.05, 3.63) is 60.3 Å². The molecule has 1 heterocycles. The van der Waals surface area contributed by atoms with Crippen molar-refractivity contribution < 1.29 is 13.2 Å². The summed E-state index contributed by atoms with van der Waals surface area (Å²) in [5.74, 6) is 0.627. The third kappa shape index (κ3) is 2.19. The number of fused-ring (bicyclic) bond motifs is 1. The molecule has 4 nitrogen and oxygen atoms in total. The van der Waals surface area contributed by atoms with Crippen molar-refractivity contribution in [2.75, 3.05) is 7.11 Å². The molecule has 0 amide bonds. The summed E-state index contributed by atoms with van der Waals surface area (Å²) in [6.07, 6.45) is 1.66. The quantitative estimate of drug-likeness (QED) is 0.746. The van der Waals surface area contributed by atoms with E-state index in [-0.39, 0.29) is 4.90 Å². The lowest BCUT2D eigenvalue weighted by molar-refractivity contribution is 0.414. The Hall–Kier alpha value is -2.27. The number of hydrogen-bond acceptors (Lipinski definition) is 3. The van der Waals surface area contributed by atoms with Crippen LogP contribution in [0.4, 0.5) is 0 Å². The summed E-state index contributed by atoms with van der Waals surface area (Å²) in [5.41, 5.74) is 1.62. The lowest BCUT2D eigenvalue weighted by Gasteiger charge is -2.08. The molecule has 0 spiro atoms. The monoisotopic (exact) mass is 301 g/mol. The second kappa shape index (κ2) is 4.93. The minimum Gasteiger partial charge on any atom is -0.497 e. The van der Waals surface area contributed by atoms with E-state index in [1.54, 1.807) is 37.6 Å². The number of nitrogens with zero attached hydrogens (tertiary/aromatic N) is 1. The van der Waals surface area contributed by atoms with Gasteiger partial charge in [0.15, 0.2) is 0 Å². The highest BCUT2D eigenvalue weighted by Gasteiger charge is 2.19. The molecule has 1 aromatic heterocycles. The van der Waals surface area contributed by atoms with Crippen LogP contribution in [0.5, 0.6) is 5.75 Å². The Morgan fingerprint density at radius 2 is 1.67 bits per heavy atom. The summed E-state index contributed by atoms with van der Waals surface area (Å²) in [6.45, 7) is 1.91. The third-order valence-electron chi connectivity index (χ3n) is 3.49. The van der Waals surface area contributed by atoms with Crippen LogP contribution in [-0.4, -0.2) is 19.5 Å². The van der Waals surface area contributed by atoms with Crippen molar-refractivity contribution in [1.29, 1.82) is 0 Å². The van der Waals surface area contributed by atoms with Gasteiger partial charge < -0.3 is 4.74 Å². The van der Waals surface area contributed by atoms with Crippen LogP contribution in [-0.2, 0) is 10.0 Å². The van der Waals surface area contributed by atoms with Crippen LogP contribution in [0.3, 0.4) is 0 Å². The summed E-state index contributed by atoms with van der Waals surface area (Å²) in [4.78, 5) is 0.240. The molecule has 21 heavy (non-hydrogen) atoms. The van der Waals surface area contributed by atoms with E-state index >= 15 is 0 Å². The average molecular weight is 301 g/mol. The van der Waals surface area contributed by atoms with Crippen molar-refractivity contribution in [3.8, 4) is 5.75 Å². The molecule has 0 radical (unpaired) electrons. The highest BCUT2D eigenvalue weighted by molar-refractivity contribution is 7.90. The normalized spacial score (nSPS) is 11.7. The van der Waals surface area contributed by atoms with Gasteiger partial charge in [0.05, 0.1) is 17.5 Å². The summed E-state index contributed by atoms with van der Waals surface area (Å²) in [5, 5.41) is 0.939. The Labute approximate surface area is 123 Å². The van der Waals surface area contributed by atoms with E-state index in [0.717, 1.165) is 10.9 Å². The van der Waals surface area contributed by atoms with Gasteiger partial charge in [0.25, 0.3) is 10.0 Å². The maximum Gasteiger partial charge on any atom is 0.268 e. The van der Waals surface area contributed by atoms with Crippen molar-refractivity contribution >= 4 is 20.9 Å². The van der Waals surface area contributed by atoms with Gasteiger partial charge in [0.2, 0.25) is 0 Å². The number of benzene rings is 2. The summed E-state index contributed by atoms with van der Waals surface area (Å²) < 4.78 is 32.0. The average Bonchev–Trinajstić information content (AvgIpc) is 2.86. The second-order valence-electron chi connectivity index (χ2n) is 4.81. The molecule has 5 heteroatoms. The Morgan fingerprint density at radius 1 is 1.00 bits per heavy atom. The molecule has 0 aliphatic carbocycles. The molecule has 0 N–H and O–H groups in total. The summed E-state index contributed by atoms with van der Waals surface area (Å²) in [7, 11) is -2.06. The van der Waals surface area contributed by atoms with Crippen LogP contribution >= 0.6 is 0 Å². The molecule has 108 valence electrons. The van der Waals surface area contributed by atoms with Gasteiger partial charge in [0, 0.05) is 11.6 Å². The zero-order chi connectivity index (χ0) is 15.0. The fourth-order valence-corrected chi connectivity index (χ4v) is 3.80. The van der Waals surface area contributed by atoms with Crippen molar-refractivity contribution in [2.24, 2.45) is 0 Å². The number of rotatable bonds is 3. The summed E-state index contributed by atoms with van der Waals surface area (Å²) >= 11 is 0. The van der Waals surface area contributed by atoms with Crippen molar-refractivity contribution in [3.63, 3.8) is 0 Å². The maximum absolute atomic E-state index is 12.8.